The fraction of sp³-hybridized carbons (Fsp3) is 1.00. The summed E-state index contributed by atoms with van der Waals surface area (Å²) in [7, 11) is 1.30. The van der Waals surface area contributed by atoms with E-state index < -0.39 is 31.5 Å². The molecule has 0 radical (unpaired) electrons. The maximum Gasteiger partial charge on any atom is 0.110 e. The number of ether oxygens (including phenoxy) is 1. The normalized spacial score (nSPS) is 19.4. The van der Waals surface area contributed by atoms with Gasteiger partial charge in [0.15, 0.2) is 0 Å². The Labute approximate surface area is 64.9 Å². The van der Waals surface area contributed by atoms with Crippen molar-refractivity contribution in [1.82, 2.24) is 0 Å². The topological polar surface area (TPSA) is 90.2 Å². The minimum atomic E-state index is -1.27. The van der Waals surface area contributed by atoms with Crippen molar-refractivity contribution in [3.63, 3.8) is 0 Å². The van der Waals surface area contributed by atoms with Crippen molar-refractivity contribution >= 4 is 0 Å². The minimum Gasteiger partial charge on any atom is -0.394 e. The van der Waals surface area contributed by atoms with Gasteiger partial charge < -0.3 is 25.2 Å². The Morgan fingerprint density at radius 3 is 2.00 bits per heavy atom. The van der Waals surface area contributed by atoms with Gasteiger partial charge in [-0.1, -0.05) is 0 Å². The second kappa shape index (κ2) is 5.45. The second-order valence-electron chi connectivity index (χ2n) is 2.20. The van der Waals surface area contributed by atoms with Crippen molar-refractivity contribution in [2.24, 2.45) is 0 Å². The van der Waals surface area contributed by atoms with E-state index in [2.05, 4.69) is 4.74 Å². The van der Waals surface area contributed by atoms with Crippen LogP contribution in [0.3, 0.4) is 0 Å². The molecule has 0 saturated carbocycles. The molecule has 3 atom stereocenters. The fourth-order valence-corrected chi connectivity index (χ4v) is 0.678. The molecule has 0 amide bonds. The molecule has 1 unspecified atom stereocenters. The molecule has 0 saturated heterocycles. The number of methoxy groups -OCH3 is 1. The standard InChI is InChI=1S/C6H14O5/c1-11-5(3-8)6(10)4(9)2-7/h4-10H,2-3H2,1H3/t4-,5?,6-/m1/s1. The highest BCUT2D eigenvalue weighted by Gasteiger charge is 2.24. The first-order valence-corrected chi connectivity index (χ1v) is 3.28. The van der Waals surface area contributed by atoms with Crippen LogP contribution in [-0.2, 0) is 4.74 Å². The third kappa shape index (κ3) is 3.13. The highest BCUT2D eigenvalue weighted by molar-refractivity contribution is 4.74. The van der Waals surface area contributed by atoms with E-state index in [9.17, 15) is 0 Å². The Kier molecular flexibility index (Phi) is 5.35. The molecule has 11 heavy (non-hydrogen) atoms. The summed E-state index contributed by atoms with van der Waals surface area (Å²) in [5.74, 6) is 0. The van der Waals surface area contributed by atoms with E-state index in [1.807, 2.05) is 0 Å². The Balaban J connectivity index is 3.86. The molecule has 4 N–H and O–H groups in total. The predicted octanol–water partition coefficient (Wildman–Crippen LogP) is -2.29. The summed E-state index contributed by atoms with van der Waals surface area (Å²) < 4.78 is 4.61. The molecule has 5 heteroatoms. The lowest BCUT2D eigenvalue weighted by atomic mass is 10.1. The van der Waals surface area contributed by atoms with Crippen molar-refractivity contribution in [1.29, 1.82) is 0 Å². The zero-order valence-corrected chi connectivity index (χ0v) is 6.34. The summed E-state index contributed by atoms with van der Waals surface area (Å²) in [6, 6.07) is 0. The largest absolute Gasteiger partial charge is 0.394 e. The van der Waals surface area contributed by atoms with E-state index in [-0.39, 0.29) is 0 Å². The smallest absolute Gasteiger partial charge is 0.110 e. The first-order chi connectivity index (χ1) is 5.17. The van der Waals surface area contributed by atoms with Crippen LogP contribution < -0.4 is 0 Å². The highest BCUT2D eigenvalue weighted by Crippen LogP contribution is 2.02. The SMILES string of the molecule is COC(CO)[C@H](O)[C@H](O)CO. The van der Waals surface area contributed by atoms with Gasteiger partial charge in [-0.05, 0) is 0 Å². The minimum absolute atomic E-state index is 0.394. The summed E-state index contributed by atoms with van der Waals surface area (Å²) in [6.07, 6.45) is -3.38. The molecule has 0 rings (SSSR count). The van der Waals surface area contributed by atoms with Gasteiger partial charge in [-0.3, -0.25) is 0 Å². The molecule has 0 aliphatic rings. The van der Waals surface area contributed by atoms with Crippen molar-refractivity contribution in [3.05, 3.63) is 0 Å². The van der Waals surface area contributed by atoms with Crippen molar-refractivity contribution in [2.45, 2.75) is 18.3 Å². The quantitative estimate of drug-likeness (QED) is 0.369. The van der Waals surface area contributed by atoms with Crippen LogP contribution >= 0.6 is 0 Å². The summed E-state index contributed by atoms with van der Waals surface area (Å²) in [5, 5.41) is 34.9. The van der Waals surface area contributed by atoms with Gasteiger partial charge in [0, 0.05) is 7.11 Å². The third-order valence-electron chi connectivity index (χ3n) is 1.44. The summed E-state index contributed by atoms with van der Waals surface area (Å²) in [5.41, 5.74) is 0. The van der Waals surface area contributed by atoms with Gasteiger partial charge in [0.2, 0.25) is 0 Å². The number of aliphatic hydroxyl groups excluding tert-OH is 4. The lowest BCUT2D eigenvalue weighted by Crippen LogP contribution is -2.42. The van der Waals surface area contributed by atoms with Crippen LogP contribution in [0.5, 0.6) is 0 Å². The zero-order chi connectivity index (χ0) is 8.85. The van der Waals surface area contributed by atoms with E-state index in [1.54, 1.807) is 0 Å². The predicted molar refractivity (Wildman–Crippen MR) is 37.0 cm³/mol. The molecule has 0 heterocycles. The van der Waals surface area contributed by atoms with Crippen LogP contribution in [-0.4, -0.2) is 59.1 Å². The first kappa shape index (κ1) is 10.8. The van der Waals surface area contributed by atoms with Gasteiger partial charge in [0.05, 0.1) is 13.2 Å². The number of aliphatic hydroxyl groups is 4. The molecule has 68 valence electrons. The van der Waals surface area contributed by atoms with Crippen molar-refractivity contribution < 1.29 is 25.2 Å². The maximum atomic E-state index is 9.08. The van der Waals surface area contributed by atoms with Crippen LogP contribution in [0.4, 0.5) is 0 Å². The molecule has 0 spiro atoms. The first-order valence-electron chi connectivity index (χ1n) is 3.28. The number of rotatable bonds is 5. The molecule has 0 aromatic heterocycles. The molecule has 0 bridgehead atoms. The molecular weight excluding hydrogens is 152 g/mol. The molecule has 0 aliphatic heterocycles. The van der Waals surface area contributed by atoms with Crippen LogP contribution in [0.1, 0.15) is 0 Å². The number of hydrogen-bond acceptors (Lipinski definition) is 5. The summed E-state index contributed by atoms with van der Waals surface area (Å²) in [4.78, 5) is 0. The summed E-state index contributed by atoms with van der Waals surface area (Å²) >= 11 is 0. The van der Waals surface area contributed by atoms with E-state index in [0.29, 0.717) is 0 Å². The third-order valence-corrected chi connectivity index (χ3v) is 1.44. The monoisotopic (exact) mass is 166 g/mol. The van der Waals surface area contributed by atoms with Crippen LogP contribution in [0, 0.1) is 0 Å². The van der Waals surface area contributed by atoms with Crippen LogP contribution in [0.15, 0.2) is 0 Å². The van der Waals surface area contributed by atoms with Gasteiger partial charge in [0.25, 0.3) is 0 Å². The van der Waals surface area contributed by atoms with Crippen molar-refractivity contribution in [2.75, 3.05) is 20.3 Å². The Hall–Kier alpha value is -0.200. The molecule has 0 aliphatic carbocycles. The average molecular weight is 166 g/mol. The van der Waals surface area contributed by atoms with Gasteiger partial charge in [0.1, 0.15) is 18.3 Å². The van der Waals surface area contributed by atoms with Crippen molar-refractivity contribution in [3.8, 4) is 0 Å². The lowest BCUT2D eigenvalue weighted by molar-refractivity contribution is -0.104. The molecule has 5 nitrogen and oxygen atoms in total. The molecular formula is C6H14O5. The van der Waals surface area contributed by atoms with E-state index in [0.717, 1.165) is 0 Å². The molecule has 0 aromatic carbocycles. The lowest BCUT2D eigenvalue weighted by Gasteiger charge is -2.22. The second-order valence-corrected chi connectivity index (χ2v) is 2.20. The molecule has 0 fully saturated rings. The Morgan fingerprint density at radius 1 is 1.18 bits per heavy atom. The Morgan fingerprint density at radius 2 is 1.73 bits per heavy atom. The number of hydrogen-bond donors (Lipinski definition) is 4. The highest BCUT2D eigenvalue weighted by atomic mass is 16.5. The average Bonchev–Trinajstić information content (AvgIpc) is 2.05. The summed E-state index contributed by atoms with van der Waals surface area (Å²) in [6.45, 7) is -0.949. The van der Waals surface area contributed by atoms with Gasteiger partial charge in [-0.25, -0.2) is 0 Å². The Bertz CT molecular complexity index is 93.0. The fourth-order valence-electron chi connectivity index (χ4n) is 0.678. The molecule has 0 aromatic rings. The van der Waals surface area contributed by atoms with Crippen LogP contribution in [0.2, 0.25) is 0 Å². The van der Waals surface area contributed by atoms with E-state index >= 15 is 0 Å². The van der Waals surface area contributed by atoms with Gasteiger partial charge >= 0.3 is 0 Å². The van der Waals surface area contributed by atoms with Gasteiger partial charge in [-0.2, -0.15) is 0 Å². The maximum absolute atomic E-state index is 9.08. The van der Waals surface area contributed by atoms with Crippen LogP contribution in [0.25, 0.3) is 0 Å². The zero-order valence-electron chi connectivity index (χ0n) is 6.34. The van der Waals surface area contributed by atoms with E-state index in [4.69, 9.17) is 20.4 Å². The van der Waals surface area contributed by atoms with Gasteiger partial charge in [-0.15, -0.1) is 0 Å². The van der Waals surface area contributed by atoms with E-state index in [1.165, 1.54) is 7.11 Å².